The number of benzene rings is 1. The van der Waals surface area contributed by atoms with Crippen LogP contribution in [0.1, 0.15) is 17.0 Å². The lowest BCUT2D eigenvalue weighted by Crippen LogP contribution is -2.29. The van der Waals surface area contributed by atoms with E-state index in [9.17, 15) is 14.3 Å². The normalized spacial score (nSPS) is 19.7. The van der Waals surface area contributed by atoms with E-state index >= 15 is 0 Å². The molecule has 4 nitrogen and oxygen atoms in total. The molecule has 0 unspecified atom stereocenters. The van der Waals surface area contributed by atoms with Gasteiger partial charge in [-0.05, 0) is 30.7 Å². The van der Waals surface area contributed by atoms with Crippen LogP contribution in [0.15, 0.2) is 28.7 Å². The molecule has 18 heavy (non-hydrogen) atoms. The van der Waals surface area contributed by atoms with Crippen LogP contribution < -0.4 is 0 Å². The molecule has 2 heterocycles. The van der Waals surface area contributed by atoms with Gasteiger partial charge in [-0.2, -0.15) is 0 Å². The van der Waals surface area contributed by atoms with Crippen LogP contribution in [-0.4, -0.2) is 35.1 Å². The van der Waals surface area contributed by atoms with Gasteiger partial charge in [0.1, 0.15) is 11.4 Å². The van der Waals surface area contributed by atoms with Crippen molar-refractivity contribution in [2.75, 3.05) is 13.1 Å². The quantitative estimate of drug-likeness (QED) is 0.838. The molecule has 1 atom stereocenters. The Morgan fingerprint density at radius 1 is 1.44 bits per heavy atom. The van der Waals surface area contributed by atoms with Gasteiger partial charge in [0, 0.05) is 18.5 Å². The van der Waals surface area contributed by atoms with E-state index in [0.29, 0.717) is 30.5 Å². The van der Waals surface area contributed by atoms with Crippen molar-refractivity contribution in [3.05, 3.63) is 35.8 Å². The first-order chi connectivity index (χ1) is 8.63. The topological polar surface area (TPSA) is 53.7 Å². The molecule has 1 amide bonds. The molecule has 0 saturated carbocycles. The zero-order valence-corrected chi connectivity index (χ0v) is 9.60. The van der Waals surface area contributed by atoms with Crippen LogP contribution in [0.5, 0.6) is 0 Å². The van der Waals surface area contributed by atoms with E-state index in [2.05, 4.69) is 0 Å². The molecular formula is C13H12FNO3. The molecule has 5 heteroatoms. The second-order valence-electron chi connectivity index (χ2n) is 4.49. The second kappa shape index (κ2) is 4.10. The first-order valence-corrected chi connectivity index (χ1v) is 5.80. The Hall–Kier alpha value is -1.88. The summed E-state index contributed by atoms with van der Waals surface area (Å²) in [5.41, 5.74) is 0.486. The van der Waals surface area contributed by atoms with E-state index < -0.39 is 6.10 Å². The van der Waals surface area contributed by atoms with E-state index in [1.54, 1.807) is 4.90 Å². The smallest absolute Gasteiger partial charge is 0.289 e. The minimum absolute atomic E-state index is 0.185. The lowest BCUT2D eigenvalue weighted by Gasteiger charge is -2.12. The highest BCUT2D eigenvalue weighted by atomic mass is 19.1. The fourth-order valence-electron chi connectivity index (χ4n) is 2.20. The number of carbonyl (C=O) groups excluding carboxylic acids is 1. The van der Waals surface area contributed by atoms with Crippen LogP contribution >= 0.6 is 0 Å². The summed E-state index contributed by atoms with van der Waals surface area (Å²) in [6.45, 7) is 0.843. The molecule has 1 N–H and O–H groups in total. The van der Waals surface area contributed by atoms with Crippen molar-refractivity contribution in [2.45, 2.75) is 12.5 Å². The number of amides is 1. The zero-order chi connectivity index (χ0) is 12.7. The molecule has 1 aromatic carbocycles. The van der Waals surface area contributed by atoms with Crippen LogP contribution in [-0.2, 0) is 0 Å². The van der Waals surface area contributed by atoms with E-state index in [1.807, 2.05) is 0 Å². The number of carbonyl (C=O) groups is 1. The number of halogens is 1. The number of hydrogen-bond donors (Lipinski definition) is 1. The first-order valence-electron chi connectivity index (χ1n) is 5.80. The number of β-amino-alcohol motifs (C(OH)–C–C–N with tert-alkyl or cyclic N) is 1. The average molecular weight is 249 g/mol. The van der Waals surface area contributed by atoms with Gasteiger partial charge in [0.25, 0.3) is 5.91 Å². The van der Waals surface area contributed by atoms with Crippen molar-refractivity contribution in [2.24, 2.45) is 0 Å². The molecule has 0 spiro atoms. The average Bonchev–Trinajstić information content (AvgIpc) is 2.93. The zero-order valence-electron chi connectivity index (χ0n) is 9.60. The fourth-order valence-corrected chi connectivity index (χ4v) is 2.20. The van der Waals surface area contributed by atoms with Crippen molar-refractivity contribution in [1.82, 2.24) is 4.90 Å². The molecule has 1 saturated heterocycles. The van der Waals surface area contributed by atoms with E-state index in [4.69, 9.17) is 4.42 Å². The Labute approximate surface area is 103 Å². The van der Waals surface area contributed by atoms with Gasteiger partial charge in [-0.25, -0.2) is 4.39 Å². The number of likely N-dealkylation sites (tertiary alicyclic amines) is 1. The first kappa shape index (κ1) is 11.2. The molecule has 1 aromatic heterocycles. The summed E-state index contributed by atoms with van der Waals surface area (Å²) in [5, 5.41) is 9.97. The minimum atomic E-state index is -0.462. The van der Waals surface area contributed by atoms with Crippen molar-refractivity contribution in [1.29, 1.82) is 0 Å². The number of nitrogens with zero attached hydrogens (tertiary/aromatic N) is 1. The third-order valence-corrected chi connectivity index (χ3v) is 3.14. The molecule has 3 rings (SSSR count). The molecule has 2 aromatic rings. The van der Waals surface area contributed by atoms with Gasteiger partial charge in [0.2, 0.25) is 0 Å². The summed E-state index contributed by atoms with van der Waals surface area (Å²) in [6, 6.07) is 5.65. The van der Waals surface area contributed by atoms with Crippen LogP contribution in [0, 0.1) is 5.82 Å². The summed E-state index contributed by atoms with van der Waals surface area (Å²) in [5.74, 6) is -0.438. The van der Waals surface area contributed by atoms with Crippen molar-refractivity contribution >= 4 is 16.9 Å². The number of fused-ring (bicyclic) bond motifs is 1. The summed E-state index contributed by atoms with van der Waals surface area (Å²) in [4.78, 5) is 13.6. The lowest BCUT2D eigenvalue weighted by molar-refractivity contribution is 0.0736. The SMILES string of the molecule is O=C(c1cc2cc(F)ccc2o1)N1CC[C@H](O)C1. The van der Waals surface area contributed by atoms with Gasteiger partial charge in [0.05, 0.1) is 6.10 Å². The van der Waals surface area contributed by atoms with Crippen LogP contribution in [0.3, 0.4) is 0 Å². The highest BCUT2D eigenvalue weighted by Gasteiger charge is 2.27. The predicted molar refractivity (Wildman–Crippen MR) is 62.7 cm³/mol. The molecule has 0 bridgehead atoms. The van der Waals surface area contributed by atoms with Gasteiger partial charge < -0.3 is 14.4 Å². The maximum absolute atomic E-state index is 13.0. The fraction of sp³-hybridized carbons (Fsp3) is 0.308. The third kappa shape index (κ3) is 1.86. The number of aliphatic hydroxyl groups excluding tert-OH is 1. The summed E-state index contributed by atoms with van der Waals surface area (Å²) in [6.07, 6.45) is 0.122. The Morgan fingerprint density at radius 3 is 3.00 bits per heavy atom. The van der Waals surface area contributed by atoms with Gasteiger partial charge in [-0.15, -0.1) is 0 Å². The van der Waals surface area contributed by atoms with Crippen LogP contribution in [0.4, 0.5) is 4.39 Å². The number of hydrogen-bond acceptors (Lipinski definition) is 3. The van der Waals surface area contributed by atoms with Gasteiger partial charge in [0.15, 0.2) is 5.76 Å². The summed E-state index contributed by atoms with van der Waals surface area (Å²) < 4.78 is 18.4. The molecular weight excluding hydrogens is 237 g/mol. The monoisotopic (exact) mass is 249 g/mol. The minimum Gasteiger partial charge on any atom is -0.451 e. The van der Waals surface area contributed by atoms with Crippen molar-refractivity contribution in [3.63, 3.8) is 0 Å². The van der Waals surface area contributed by atoms with Crippen molar-refractivity contribution < 1.29 is 18.7 Å². The maximum atomic E-state index is 13.0. The van der Waals surface area contributed by atoms with Gasteiger partial charge >= 0.3 is 0 Å². The summed E-state index contributed by atoms with van der Waals surface area (Å²) >= 11 is 0. The summed E-state index contributed by atoms with van der Waals surface area (Å²) in [7, 11) is 0. The standard InChI is InChI=1S/C13H12FNO3/c14-9-1-2-11-8(5-9)6-12(18-11)13(17)15-4-3-10(16)7-15/h1-2,5-6,10,16H,3-4,7H2/t10-/m0/s1. The highest BCUT2D eigenvalue weighted by Crippen LogP contribution is 2.22. The Bertz CT molecular complexity index is 607. The number of aliphatic hydroxyl groups is 1. The predicted octanol–water partition coefficient (Wildman–Crippen LogP) is 1.78. The third-order valence-electron chi connectivity index (χ3n) is 3.14. The van der Waals surface area contributed by atoms with Gasteiger partial charge in [-0.3, -0.25) is 4.79 Å². The van der Waals surface area contributed by atoms with Gasteiger partial charge in [-0.1, -0.05) is 0 Å². The number of rotatable bonds is 1. The molecule has 94 valence electrons. The highest BCUT2D eigenvalue weighted by molar-refractivity contribution is 5.96. The van der Waals surface area contributed by atoms with Crippen LogP contribution in [0.25, 0.3) is 11.0 Å². The molecule has 1 aliphatic heterocycles. The van der Waals surface area contributed by atoms with E-state index in [0.717, 1.165) is 0 Å². The molecule has 0 aliphatic carbocycles. The number of furan rings is 1. The Morgan fingerprint density at radius 2 is 2.28 bits per heavy atom. The molecule has 1 aliphatic rings. The Kier molecular flexibility index (Phi) is 2.56. The lowest BCUT2D eigenvalue weighted by atomic mass is 10.2. The second-order valence-corrected chi connectivity index (χ2v) is 4.49. The van der Waals surface area contributed by atoms with Crippen molar-refractivity contribution in [3.8, 4) is 0 Å². The van der Waals surface area contributed by atoms with E-state index in [1.165, 1.54) is 24.3 Å². The van der Waals surface area contributed by atoms with Crippen LogP contribution in [0.2, 0.25) is 0 Å². The largest absolute Gasteiger partial charge is 0.451 e. The Balaban J connectivity index is 1.92. The molecule has 0 radical (unpaired) electrons. The molecule has 1 fully saturated rings. The van der Waals surface area contributed by atoms with E-state index in [-0.39, 0.29) is 17.5 Å². The maximum Gasteiger partial charge on any atom is 0.289 e.